The molecule has 0 bridgehead atoms. The minimum absolute atomic E-state index is 0.754. The van der Waals surface area contributed by atoms with E-state index in [-0.39, 0.29) is 0 Å². The van der Waals surface area contributed by atoms with Crippen LogP contribution in [0, 0.1) is 0 Å². The second kappa shape index (κ2) is 5.83. The molecule has 0 aliphatic carbocycles. The van der Waals surface area contributed by atoms with Crippen molar-refractivity contribution in [3.63, 3.8) is 0 Å². The van der Waals surface area contributed by atoms with Crippen molar-refractivity contribution >= 4 is 28.6 Å². The van der Waals surface area contributed by atoms with E-state index >= 15 is 0 Å². The lowest BCUT2D eigenvalue weighted by atomic mass is 10.3. The molecule has 1 aliphatic rings. The quantitative estimate of drug-likeness (QED) is 0.739. The molecule has 3 aromatic heterocycles. The molecule has 7 heteroatoms. The molecule has 0 atom stereocenters. The summed E-state index contributed by atoms with van der Waals surface area (Å²) < 4.78 is 7.27. The maximum atomic E-state index is 5.40. The molecule has 3 aromatic rings. The molecule has 5 nitrogen and oxygen atoms in total. The third-order valence-corrected chi connectivity index (χ3v) is 5.77. The van der Waals surface area contributed by atoms with Gasteiger partial charge in [0.2, 0.25) is 5.95 Å². The average Bonchev–Trinajstić information content (AvgIpc) is 3.28. The van der Waals surface area contributed by atoms with Crippen molar-refractivity contribution in [1.29, 1.82) is 0 Å². The molecule has 4 heterocycles. The third kappa shape index (κ3) is 2.55. The predicted octanol–water partition coefficient (Wildman–Crippen LogP) is 3.11. The summed E-state index contributed by atoms with van der Waals surface area (Å²) >= 11 is 3.50. The maximum absolute atomic E-state index is 5.40. The summed E-state index contributed by atoms with van der Waals surface area (Å²) in [7, 11) is 1.95. The van der Waals surface area contributed by atoms with Crippen molar-refractivity contribution in [1.82, 2.24) is 14.8 Å². The highest BCUT2D eigenvalue weighted by molar-refractivity contribution is 7.23. The number of thiophene rings is 2. The summed E-state index contributed by atoms with van der Waals surface area (Å²) in [6.45, 7) is 3.25. The van der Waals surface area contributed by atoms with Crippen molar-refractivity contribution < 1.29 is 4.74 Å². The van der Waals surface area contributed by atoms with Crippen LogP contribution in [0.2, 0.25) is 0 Å². The van der Waals surface area contributed by atoms with Crippen LogP contribution in [0.1, 0.15) is 0 Å². The molecule has 0 aromatic carbocycles. The van der Waals surface area contributed by atoms with Crippen LogP contribution in [-0.2, 0) is 11.8 Å². The molecule has 0 unspecified atom stereocenters. The van der Waals surface area contributed by atoms with Crippen LogP contribution in [0.4, 0.5) is 5.95 Å². The van der Waals surface area contributed by atoms with Crippen molar-refractivity contribution in [3.8, 4) is 20.5 Å². The fourth-order valence-electron chi connectivity index (χ4n) is 2.53. The van der Waals surface area contributed by atoms with Gasteiger partial charge in [-0.2, -0.15) is 4.98 Å². The van der Waals surface area contributed by atoms with E-state index < -0.39 is 0 Å². The Bertz CT molecular complexity index is 756. The van der Waals surface area contributed by atoms with E-state index in [0.717, 1.165) is 43.0 Å². The third-order valence-electron chi connectivity index (χ3n) is 3.62. The Hall–Kier alpha value is -1.70. The second-order valence-electron chi connectivity index (χ2n) is 5.10. The summed E-state index contributed by atoms with van der Waals surface area (Å²) in [5.74, 6) is 1.72. The zero-order valence-electron chi connectivity index (χ0n) is 12.2. The first-order chi connectivity index (χ1) is 10.8. The van der Waals surface area contributed by atoms with E-state index in [1.54, 1.807) is 22.7 Å². The molecule has 0 N–H and O–H groups in total. The average molecular weight is 332 g/mol. The Labute approximate surface area is 136 Å². The van der Waals surface area contributed by atoms with E-state index in [0.29, 0.717) is 0 Å². The van der Waals surface area contributed by atoms with Gasteiger partial charge in [-0.15, -0.1) is 27.8 Å². The number of anilines is 1. The maximum Gasteiger partial charge on any atom is 0.224 e. The first-order valence-electron chi connectivity index (χ1n) is 7.19. The summed E-state index contributed by atoms with van der Waals surface area (Å²) in [5, 5.41) is 6.69. The van der Waals surface area contributed by atoms with E-state index in [1.165, 1.54) is 9.75 Å². The van der Waals surface area contributed by atoms with E-state index in [2.05, 4.69) is 39.6 Å². The van der Waals surface area contributed by atoms with Crippen LogP contribution in [0.15, 0.2) is 29.6 Å². The number of ether oxygens (including phenoxy) is 1. The number of nitrogens with zero attached hydrogens (tertiary/aromatic N) is 4. The minimum Gasteiger partial charge on any atom is -0.378 e. The normalized spacial score (nSPS) is 15.4. The number of aromatic nitrogens is 3. The van der Waals surface area contributed by atoms with Gasteiger partial charge in [0.25, 0.3) is 0 Å². The molecule has 114 valence electrons. The van der Waals surface area contributed by atoms with Gasteiger partial charge in [0.15, 0.2) is 5.82 Å². The molecule has 4 rings (SSSR count). The summed E-state index contributed by atoms with van der Waals surface area (Å²) in [5.41, 5.74) is 0. The number of rotatable bonds is 3. The number of aryl methyl sites for hydroxylation is 1. The van der Waals surface area contributed by atoms with Gasteiger partial charge in [-0.25, -0.2) is 4.68 Å². The smallest absolute Gasteiger partial charge is 0.224 e. The van der Waals surface area contributed by atoms with Crippen molar-refractivity contribution in [2.45, 2.75) is 0 Å². The second-order valence-corrected chi connectivity index (χ2v) is 7.13. The minimum atomic E-state index is 0.754. The van der Waals surface area contributed by atoms with Crippen LogP contribution in [0.5, 0.6) is 0 Å². The van der Waals surface area contributed by atoms with Gasteiger partial charge < -0.3 is 9.64 Å². The monoisotopic (exact) mass is 332 g/mol. The first-order valence-corrected chi connectivity index (χ1v) is 8.89. The number of hydrogen-bond donors (Lipinski definition) is 0. The van der Waals surface area contributed by atoms with Gasteiger partial charge in [-0.05, 0) is 23.6 Å². The standard InChI is InChI=1S/C15H16N4OS2/c1-18-15(19-6-8-20-9-7-19)16-14(17-18)13-5-4-12(22-13)11-3-2-10-21-11/h2-5,10H,6-9H2,1H3. The highest BCUT2D eigenvalue weighted by Gasteiger charge is 2.19. The molecule has 22 heavy (non-hydrogen) atoms. The molecule has 0 amide bonds. The largest absolute Gasteiger partial charge is 0.378 e. The highest BCUT2D eigenvalue weighted by Crippen LogP contribution is 2.35. The Morgan fingerprint density at radius 2 is 1.91 bits per heavy atom. The van der Waals surface area contributed by atoms with Gasteiger partial charge >= 0.3 is 0 Å². The Balaban J connectivity index is 1.63. The predicted molar refractivity (Wildman–Crippen MR) is 90.7 cm³/mol. The zero-order chi connectivity index (χ0) is 14.9. The van der Waals surface area contributed by atoms with Gasteiger partial charge in [-0.3, -0.25) is 0 Å². The lowest BCUT2D eigenvalue weighted by Gasteiger charge is -2.26. The molecule has 1 saturated heterocycles. The van der Waals surface area contributed by atoms with Crippen LogP contribution in [0.25, 0.3) is 20.5 Å². The SMILES string of the molecule is Cn1nc(-c2ccc(-c3cccs3)s2)nc1N1CCOCC1. The highest BCUT2D eigenvalue weighted by atomic mass is 32.1. The fraction of sp³-hybridized carbons (Fsp3) is 0.333. The fourth-order valence-corrected chi connectivity index (χ4v) is 4.30. The van der Waals surface area contributed by atoms with Crippen molar-refractivity contribution in [3.05, 3.63) is 29.6 Å². The summed E-state index contributed by atoms with van der Waals surface area (Å²) in [4.78, 5) is 10.6. The molecular formula is C15H16N4OS2. The van der Waals surface area contributed by atoms with Gasteiger partial charge in [-0.1, -0.05) is 6.07 Å². The lowest BCUT2D eigenvalue weighted by Crippen LogP contribution is -2.37. The van der Waals surface area contributed by atoms with Crippen molar-refractivity contribution in [2.24, 2.45) is 7.05 Å². The van der Waals surface area contributed by atoms with Gasteiger partial charge in [0.05, 0.1) is 18.1 Å². The van der Waals surface area contributed by atoms with E-state index in [4.69, 9.17) is 9.72 Å². The van der Waals surface area contributed by atoms with E-state index in [1.807, 2.05) is 11.7 Å². The molecule has 0 spiro atoms. The molecular weight excluding hydrogens is 316 g/mol. The van der Waals surface area contributed by atoms with Crippen molar-refractivity contribution in [2.75, 3.05) is 31.2 Å². The Kier molecular flexibility index (Phi) is 3.69. The number of hydrogen-bond acceptors (Lipinski definition) is 6. The molecule has 0 saturated carbocycles. The van der Waals surface area contributed by atoms with Crippen LogP contribution >= 0.6 is 22.7 Å². The van der Waals surface area contributed by atoms with Gasteiger partial charge in [0, 0.05) is 29.9 Å². The van der Waals surface area contributed by atoms with E-state index in [9.17, 15) is 0 Å². The van der Waals surface area contributed by atoms with Gasteiger partial charge in [0.1, 0.15) is 0 Å². The summed E-state index contributed by atoms with van der Waals surface area (Å²) in [6.07, 6.45) is 0. The summed E-state index contributed by atoms with van der Waals surface area (Å²) in [6, 6.07) is 8.48. The van der Waals surface area contributed by atoms with Crippen LogP contribution in [0.3, 0.4) is 0 Å². The first kappa shape index (κ1) is 13.9. The number of morpholine rings is 1. The van der Waals surface area contributed by atoms with Crippen LogP contribution in [-0.4, -0.2) is 41.1 Å². The molecule has 1 fully saturated rings. The molecule has 0 radical (unpaired) electrons. The molecule has 1 aliphatic heterocycles. The Morgan fingerprint density at radius 3 is 2.68 bits per heavy atom. The Morgan fingerprint density at radius 1 is 1.09 bits per heavy atom. The zero-order valence-corrected chi connectivity index (χ0v) is 13.9. The topological polar surface area (TPSA) is 43.2 Å². The van der Waals surface area contributed by atoms with Crippen LogP contribution < -0.4 is 4.90 Å². The lowest BCUT2D eigenvalue weighted by molar-refractivity contribution is 0.121.